The first-order valence-electron chi connectivity index (χ1n) is 10.5. The molecule has 2 N–H and O–H groups in total. The quantitative estimate of drug-likeness (QED) is 0.595. The van der Waals surface area contributed by atoms with Gasteiger partial charge >= 0.3 is 0 Å². The number of halogens is 1. The third kappa shape index (κ3) is 4.32. The molecule has 170 valence electrons. The number of sulfonamides is 1. The van der Waals surface area contributed by atoms with E-state index in [0.29, 0.717) is 34.1 Å². The van der Waals surface area contributed by atoms with Crippen LogP contribution in [0.2, 0.25) is 5.02 Å². The molecule has 0 spiro atoms. The largest absolute Gasteiger partial charge is 0.370 e. The minimum Gasteiger partial charge on any atom is -0.370 e. The molecule has 1 saturated heterocycles. The summed E-state index contributed by atoms with van der Waals surface area (Å²) in [6.07, 6.45) is 1.76. The molecule has 1 unspecified atom stereocenters. The standard InChI is InChI=1S/C23H27ClN4O3S/c1-23(2,3)14-7-9-17(20(12-14)32(25,29)30)16-10-8-15(24)13-18(16)21-26-27-22(28(21)4)19-6-5-11-31-19/h7-10,12-13,19H,5-6,11H2,1-4H3,(H2,25,29,30). The van der Waals surface area contributed by atoms with Crippen LogP contribution in [-0.2, 0) is 27.2 Å². The first kappa shape index (κ1) is 22.9. The van der Waals surface area contributed by atoms with E-state index in [1.807, 2.05) is 38.5 Å². The van der Waals surface area contributed by atoms with E-state index in [1.165, 1.54) is 0 Å². The second kappa shape index (κ2) is 8.26. The Kier molecular flexibility index (Phi) is 5.92. The highest BCUT2D eigenvalue weighted by Crippen LogP contribution is 2.39. The van der Waals surface area contributed by atoms with Crippen LogP contribution in [0.25, 0.3) is 22.5 Å². The van der Waals surface area contributed by atoms with Gasteiger partial charge in [0.1, 0.15) is 6.10 Å². The molecule has 0 aliphatic carbocycles. The Bertz CT molecular complexity index is 1270. The second-order valence-corrected chi connectivity index (χ2v) is 11.1. The zero-order valence-electron chi connectivity index (χ0n) is 18.6. The third-order valence-corrected chi connectivity index (χ3v) is 6.98. The lowest BCUT2D eigenvalue weighted by atomic mass is 9.86. The molecule has 4 rings (SSSR count). The van der Waals surface area contributed by atoms with Crippen LogP contribution < -0.4 is 5.14 Å². The third-order valence-electron chi connectivity index (χ3n) is 5.79. The molecule has 0 radical (unpaired) electrons. The van der Waals surface area contributed by atoms with E-state index in [9.17, 15) is 8.42 Å². The smallest absolute Gasteiger partial charge is 0.238 e. The van der Waals surface area contributed by atoms with Gasteiger partial charge in [-0.1, -0.05) is 50.6 Å². The van der Waals surface area contributed by atoms with Crippen LogP contribution in [0.4, 0.5) is 0 Å². The summed E-state index contributed by atoms with van der Waals surface area (Å²) in [5.41, 5.74) is 2.47. The van der Waals surface area contributed by atoms with Crippen molar-refractivity contribution in [1.82, 2.24) is 14.8 Å². The number of nitrogens with zero attached hydrogens (tertiary/aromatic N) is 3. The number of benzene rings is 2. The molecule has 1 aromatic heterocycles. The first-order valence-corrected chi connectivity index (χ1v) is 12.4. The van der Waals surface area contributed by atoms with Crippen LogP contribution >= 0.6 is 11.6 Å². The fraction of sp³-hybridized carbons (Fsp3) is 0.391. The molecular weight excluding hydrogens is 448 g/mol. The Morgan fingerprint density at radius 1 is 1.09 bits per heavy atom. The molecule has 2 heterocycles. The summed E-state index contributed by atoms with van der Waals surface area (Å²) < 4.78 is 32.8. The lowest BCUT2D eigenvalue weighted by Gasteiger charge is -2.21. The van der Waals surface area contributed by atoms with Crippen molar-refractivity contribution in [2.75, 3.05) is 6.61 Å². The summed E-state index contributed by atoms with van der Waals surface area (Å²) >= 11 is 6.33. The van der Waals surface area contributed by atoms with Crippen LogP contribution in [-0.4, -0.2) is 29.8 Å². The van der Waals surface area contributed by atoms with Gasteiger partial charge in [-0.2, -0.15) is 0 Å². The van der Waals surface area contributed by atoms with Gasteiger partial charge in [-0.25, -0.2) is 13.6 Å². The van der Waals surface area contributed by atoms with Gasteiger partial charge in [0.15, 0.2) is 11.6 Å². The van der Waals surface area contributed by atoms with Gasteiger partial charge < -0.3 is 9.30 Å². The van der Waals surface area contributed by atoms with Crippen molar-refractivity contribution in [3.63, 3.8) is 0 Å². The highest BCUT2D eigenvalue weighted by atomic mass is 35.5. The predicted octanol–water partition coefficient (Wildman–Crippen LogP) is 4.60. The zero-order valence-corrected chi connectivity index (χ0v) is 20.2. The topological polar surface area (TPSA) is 100 Å². The monoisotopic (exact) mass is 474 g/mol. The Labute approximate surface area is 193 Å². The zero-order chi connectivity index (χ0) is 23.3. The molecule has 0 bridgehead atoms. The molecule has 0 saturated carbocycles. The van der Waals surface area contributed by atoms with Gasteiger partial charge in [0.05, 0.1) is 4.90 Å². The van der Waals surface area contributed by atoms with E-state index in [2.05, 4.69) is 10.2 Å². The molecule has 1 fully saturated rings. The van der Waals surface area contributed by atoms with Gasteiger partial charge in [0.25, 0.3) is 0 Å². The second-order valence-electron chi connectivity index (χ2n) is 9.14. The maximum absolute atomic E-state index is 12.6. The van der Waals surface area contributed by atoms with Gasteiger partial charge in [-0.05, 0) is 47.6 Å². The van der Waals surface area contributed by atoms with E-state index >= 15 is 0 Å². The number of primary sulfonamides is 1. The highest BCUT2D eigenvalue weighted by Gasteiger charge is 2.27. The summed E-state index contributed by atoms with van der Waals surface area (Å²) in [5.74, 6) is 1.31. The van der Waals surface area contributed by atoms with Crippen LogP contribution in [0.15, 0.2) is 41.3 Å². The van der Waals surface area contributed by atoms with Crippen LogP contribution in [0.3, 0.4) is 0 Å². The first-order chi connectivity index (χ1) is 15.0. The molecule has 2 aromatic carbocycles. The van der Waals surface area contributed by atoms with Gasteiger partial charge in [0.2, 0.25) is 10.0 Å². The van der Waals surface area contributed by atoms with Gasteiger partial charge in [-0.3, -0.25) is 0 Å². The van der Waals surface area contributed by atoms with E-state index in [4.69, 9.17) is 21.5 Å². The Balaban J connectivity index is 1.93. The van der Waals surface area contributed by atoms with Crippen molar-refractivity contribution in [1.29, 1.82) is 0 Å². The number of hydrogen-bond donors (Lipinski definition) is 1. The van der Waals surface area contributed by atoms with E-state index in [-0.39, 0.29) is 16.4 Å². The number of ether oxygens (including phenoxy) is 1. The van der Waals surface area contributed by atoms with Crippen molar-refractivity contribution in [3.05, 3.63) is 52.8 Å². The Morgan fingerprint density at radius 3 is 2.44 bits per heavy atom. The summed E-state index contributed by atoms with van der Waals surface area (Å²) in [7, 11) is -2.11. The molecule has 1 aliphatic heterocycles. The van der Waals surface area contributed by atoms with Crippen LogP contribution in [0.1, 0.15) is 51.1 Å². The molecule has 1 aliphatic rings. The fourth-order valence-electron chi connectivity index (χ4n) is 4.02. The molecule has 1 atom stereocenters. The molecule has 0 amide bonds. The number of rotatable bonds is 4. The minimum atomic E-state index is -3.99. The minimum absolute atomic E-state index is 0.0648. The van der Waals surface area contributed by atoms with Crippen molar-refractivity contribution in [3.8, 4) is 22.5 Å². The average molecular weight is 475 g/mol. The number of nitrogens with two attached hydrogens (primary N) is 1. The van der Waals surface area contributed by atoms with Crippen molar-refractivity contribution < 1.29 is 13.2 Å². The maximum atomic E-state index is 12.6. The Morgan fingerprint density at radius 2 is 1.81 bits per heavy atom. The maximum Gasteiger partial charge on any atom is 0.238 e. The Hall–Kier alpha value is -2.26. The summed E-state index contributed by atoms with van der Waals surface area (Å²) in [5, 5.41) is 14.9. The summed E-state index contributed by atoms with van der Waals surface area (Å²) in [6, 6.07) is 10.7. The average Bonchev–Trinajstić information content (AvgIpc) is 3.35. The van der Waals surface area contributed by atoms with Crippen LogP contribution in [0, 0.1) is 0 Å². The number of hydrogen-bond acceptors (Lipinski definition) is 5. The normalized spacial score (nSPS) is 17.1. The van der Waals surface area contributed by atoms with Gasteiger partial charge in [0, 0.05) is 29.8 Å². The highest BCUT2D eigenvalue weighted by molar-refractivity contribution is 7.89. The van der Waals surface area contributed by atoms with Crippen LogP contribution in [0.5, 0.6) is 0 Å². The molecule has 3 aromatic rings. The van der Waals surface area contributed by atoms with Gasteiger partial charge in [-0.15, -0.1) is 10.2 Å². The van der Waals surface area contributed by atoms with Crippen molar-refractivity contribution >= 4 is 21.6 Å². The SMILES string of the molecule is Cn1c(-c2cc(Cl)ccc2-c2ccc(C(C)(C)C)cc2S(N)(=O)=O)nnc1C1CCCO1. The molecule has 7 nitrogen and oxygen atoms in total. The number of aromatic nitrogens is 3. The van der Waals surface area contributed by atoms with E-state index in [0.717, 1.165) is 24.2 Å². The molecule has 32 heavy (non-hydrogen) atoms. The van der Waals surface area contributed by atoms with Crippen molar-refractivity contribution in [2.45, 2.75) is 50.0 Å². The molecular formula is C23H27ClN4O3S. The predicted molar refractivity (Wildman–Crippen MR) is 125 cm³/mol. The van der Waals surface area contributed by atoms with Crippen molar-refractivity contribution in [2.24, 2.45) is 12.2 Å². The van der Waals surface area contributed by atoms with E-state index < -0.39 is 10.0 Å². The summed E-state index contributed by atoms with van der Waals surface area (Å²) in [4.78, 5) is 0.0648. The molecule has 9 heteroatoms. The van der Waals surface area contributed by atoms with E-state index in [1.54, 1.807) is 30.3 Å². The lowest BCUT2D eigenvalue weighted by molar-refractivity contribution is 0.102. The summed E-state index contributed by atoms with van der Waals surface area (Å²) in [6.45, 7) is 6.77. The fourth-order valence-corrected chi connectivity index (χ4v) is 4.97. The lowest BCUT2D eigenvalue weighted by Crippen LogP contribution is -2.17.